The Kier molecular flexibility index (Phi) is 12.1. The molecule has 4 nitrogen and oxygen atoms in total. The number of hydrogen-bond acceptors (Lipinski definition) is 4. The maximum atomic E-state index is 9.67. The van der Waals surface area contributed by atoms with Crippen molar-refractivity contribution in [2.45, 2.75) is 164 Å². The summed E-state index contributed by atoms with van der Waals surface area (Å²) in [6.45, 7) is 6.20. The fourth-order valence-electron chi connectivity index (χ4n) is 14.8. The molecule has 320 valence electrons. The second-order valence-corrected chi connectivity index (χ2v) is 21.0. The molecule has 0 aromatic heterocycles. The number of phenolic OH excluding ortho intramolecular Hbond substituents is 2. The van der Waals surface area contributed by atoms with Gasteiger partial charge in [0.15, 0.2) is 0 Å². The molecule has 8 bridgehead atoms. The Morgan fingerprint density at radius 2 is 0.683 bits per heavy atom. The molecule has 0 radical (unpaired) electrons. The van der Waals surface area contributed by atoms with Crippen LogP contribution >= 0.6 is 0 Å². The summed E-state index contributed by atoms with van der Waals surface area (Å²) >= 11 is 0. The molecule has 4 aromatic carbocycles. The third-order valence-electron chi connectivity index (χ3n) is 16.5. The van der Waals surface area contributed by atoms with Gasteiger partial charge < -0.3 is 19.7 Å². The van der Waals surface area contributed by atoms with E-state index in [4.69, 9.17) is 9.47 Å². The normalized spacial score (nSPS) is 31.8. The molecule has 8 saturated carbocycles. The number of phenols is 2. The van der Waals surface area contributed by atoms with E-state index in [0.717, 1.165) is 61.2 Å². The number of benzene rings is 4. The van der Waals surface area contributed by atoms with Crippen molar-refractivity contribution in [1.29, 1.82) is 0 Å². The molecule has 8 aliphatic carbocycles. The highest BCUT2D eigenvalue weighted by molar-refractivity contribution is 5.42. The van der Waals surface area contributed by atoms with Crippen LogP contribution in [0.5, 0.6) is 23.0 Å². The van der Waals surface area contributed by atoms with Crippen molar-refractivity contribution in [3.63, 3.8) is 0 Å². The second-order valence-electron chi connectivity index (χ2n) is 21.0. The molecule has 8 aliphatic rings. The summed E-state index contributed by atoms with van der Waals surface area (Å²) in [6.07, 6.45) is 26.1. The van der Waals surface area contributed by atoms with Crippen LogP contribution in [0.1, 0.15) is 165 Å². The summed E-state index contributed by atoms with van der Waals surface area (Å²) in [5.74, 6) is 6.17. The lowest BCUT2D eigenvalue weighted by Crippen LogP contribution is -2.55. The molecule has 8 fully saturated rings. The number of aromatic hydroxyl groups is 2. The quantitative estimate of drug-likeness (QED) is 0.111. The van der Waals surface area contributed by atoms with E-state index in [-0.39, 0.29) is 10.8 Å². The minimum Gasteiger partial charge on any atom is -0.508 e. The highest BCUT2D eigenvalue weighted by Gasteiger charge is 2.60. The first-order valence-electron chi connectivity index (χ1n) is 24.3. The van der Waals surface area contributed by atoms with Gasteiger partial charge in [0.25, 0.3) is 0 Å². The number of hydrogen-bond donors (Lipinski definition) is 2. The van der Waals surface area contributed by atoms with Gasteiger partial charge in [-0.3, -0.25) is 0 Å². The highest BCUT2D eigenvalue weighted by atomic mass is 16.5. The van der Waals surface area contributed by atoms with Crippen molar-refractivity contribution in [1.82, 2.24) is 0 Å². The van der Waals surface area contributed by atoms with Gasteiger partial charge in [0.2, 0.25) is 0 Å². The molecule has 0 heterocycles. The molecule has 0 spiro atoms. The summed E-state index contributed by atoms with van der Waals surface area (Å²) < 4.78 is 12.1. The van der Waals surface area contributed by atoms with E-state index in [1.807, 2.05) is 24.3 Å². The van der Waals surface area contributed by atoms with Crippen LogP contribution in [0.3, 0.4) is 0 Å². The molecule has 2 N–H and O–H groups in total. The third kappa shape index (κ3) is 8.48. The molecule has 4 aromatic rings. The molecule has 4 heteroatoms. The Labute approximate surface area is 361 Å². The van der Waals surface area contributed by atoms with Crippen LogP contribution in [-0.2, 0) is 21.7 Å². The molecule has 0 amide bonds. The predicted octanol–water partition coefficient (Wildman–Crippen LogP) is 14.3. The zero-order chi connectivity index (χ0) is 41.2. The largest absolute Gasteiger partial charge is 0.508 e. The zero-order valence-electron chi connectivity index (χ0n) is 36.8. The van der Waals surface area contributed by atoms with Crippen molar-refractivity contribution in [2.24, 2.45) is 23.7 Å². The number of rotatable bonds is 16. The topological polar surface area (TPSA) is 58.9 Å². The molecule has 60 heavy (non-hydrogen) atoms. The summed E-state index contributed by atoms with van der Waals surface area (Å²) in [6, 6.07) is 34.6. The Morgan fingerprint density at radius 3 is 0.967 bits per heavy atom. The molecule has 0 saturated heterocycles. The van der Waals surface area contributed by atoms with E-state index < -0.39 is 0 Å². The van der Waals surface area contributed by atoms with Crippen molar-refractivity contribution < 1.29 is 19.7 Å². The van der Waals surface area contributed by atoms with Gasteiger partial charge in [-0.1, -0.05) is 101 Å². The average Bonchev–Trinajstić information content (AvgIpc) is 3.24. The van der Waals surface area contributed by atoms with Gasteiger partial charge in [-0.05, 0) is 206 Å². The monoisotopic (exact) mass is 809 g/mol. The van der Waals surface area contributed by atoms with Gasteiger partial charge in [0, 0.05) is 0 Å². The highest BCUT2D eigenvalue weighted by Crippen LogP contribution is 2.67. The van der Waals surface area contributed by atoms with Crippen LogP contribution in [0.4, 0.5) is 0 Å². The lowest BCUT2D eigenvalue weighted by atomic mass is 9.42. The Hall–Kier alpha value is -3.92. The molecule has 0 atom stereocenters. The van der Waals surface area contributed by atoms with E-state index in [0.29, 0.717) is 22.3 Å². The van der Waals surface area contributed by atoms with Crippen molar-refractivity contribution >= 4 is 0 Å². The van der Waals surface area contributed by atoms with E-state index in [1.54, 1.807) is 11.1 Å². The van der Waals surface area contributed by atoms with Gasteiger partial charge in [0.05, 0.1) is 13.2 Å². The first kappa shape index (κ1) is 41.4. The summed E-state index contributed by atoms with van der Waals surface area (Å²) in [7, 11) is 0. The van der Waals surface area contributed by atoms with E-state index >= 15 is 0 Å². The Bertz CT molecular complexity index is 1830. The molecular weight excluding hydrogens is 737 g/mol. The number of ether oxygens (including phenoxy) is 2. The lowest BCUT2D eigenvalue weighted by molar-refractivity contribution is -0.0283. The first-order chi connectivity index (χ1) is 29.2. The SMILES string of the molecule is CCCCCCOc1ccc(C23CC4CC(C2)CC(c2ccc(OCCCCCC)cc2)(C4)C3)cc1.Oc1ccc(C23CC4CC(C2)CC(c2ccc(O)cc2)(C4)C3)cc1. The van der Waals surface area contributed by atoms with Gasteiger partial charge >= 0.3 is 0 Å². The average molecular weight is 809 g/mol. The third-order valence-corrected chi connectivity index (χ3v) is 16.5. The van der Waals surface area contributed by atoms with Crippen LogP contribution in [0.25, 0.3) is 0 Å². The molecular formula is C56H72O4. The van der Waals surface area contributed by atoms with E-state index in [2.05, 4.69) is 86.6 Å². The Balaban J connectivity index is 0.000000166. The molecule has 12 rings (SSSR count). The van der Waals surface area contributed by atoms with E-state index in [9.17, 15) is 10.2 Å². The van der Waals surface area contributed by atoms with E-state index in [1.165, 1.54) is 127 Å². The fourth-order valence-corrected chi connectivity index (χ4v) is 14.8. The van der Waals surface area contributed by atoms with Crippen LogP contribution in [0.15, 0.2) is 97.1 Å². The summed E-state index contributed by atoms with van der Waals surface area (Å²) in [4.78, 5) is 0. The minimum absolute atomic E-state index is 0.273. The predicted molar refractivity (Wildman–Crippen MR) is 244 cm³/mol. The van der Waals surface area contributed by atoms with Gasteiger partial charge in [-0.25, -0.2) is 0 Å². The van der Waals surface area contributed by atoms with Gasteiger partial charge in [-0.2, -0.15) is 0 Å². The maximum absolute atomic E-state index is 9.67. The zero-order valence-corrected chi connectivity index (χ0v) is 36.8. The molecule has 0 unspecified atom stereocenters. The van der Waals surface area contributed by atoms with Crippen molar-refractivity contribution in [3.8, 4) is 23.0 Å². The second kappa shape index (κ2) is 17.5. The van der Waals surface area contributed by atoms with Crippen molar-refractivity contribution in [2.75, 3.05) is 13.2 Å². The van der Waals surface area contributed by atoms with Crippen LogP contribution < -0.4 is 9.47 Å². The standard InChI is InChI=1S/C34H48O2.C22H24O2/c1-3-5-7-9-19-35-31-15-11-29(12-16-31)33-22-27-21-28(23-33)25-34(24-27,26-33)30-13-17-32(18-14-30)36-20-10-8-6-4-2;23-19-5-1-17(2-6-19)21-10-15-9-16(11-21)13-22(12-15,14-21)18-3-7-20(24)8-4-18/h11-18,27-28H,3-10,19-26H2,1-2H3;1-8,15-16,23-24H,9-14H2. The van der Waals surface area contributed by atoms with Crippen LogP contribution in [-0.4, -0.2) is 23.4 Å². The molecule has 0 aliphatic heterocycles. The lowest BCUT2D eigenvalue weighted by Gasteiger charge is -2.63. The summed E-state index contributed by atoms with van der Waals surface area (Å²) in [5.41, 5.74) is 7.19. The van der Waals surface area contributed by atoms with Crippen molar-refractivity contribution in [3.05, 3.63) is 119 Å². The van der Waals surface area contributed by atoms with Gasteiger partial charge in [0.1, 0.15) is 23.0 Å². The smallest absolute Gasteiger partial charge is 0.119 e. The van der Waals surface area contributed by atoms with Gasteiger partial charge in [-0.15, -0.1) is 0 Å². The maximum Gasteiger partial charge on any atom is 0.119 e. The fraction of sp³-hybridized carbons (Fsp3) is 0.571. The van der Waals surface area contributed by atoms with Crippen LogP contribution in [0.2, 0.25) is 0 Å². The number of unbranched alkanes of at least 4 members (excludes halogenated alkanes) is 6. The minimum atomic E-state index is 0.273. The first-order valence-corrected chi connectivity index (χ1v) is 24.3. The van der Waals surface area contributed by atoms with Crippen LogP contribution in [0, 0.1) is 23.7 Å². The Morgan fingerprint density at radius 1 is 0.400 bits per heavy atom. The summed E-state index contributed by atoms with van der Waals surface area (Å²) in [5, 5.41) is 19.3.